The lowest BCUT2D eigenvalue weighted by atomic mass is 10.2. The van der Waals surface area contributed by atoms with E-state index in [9.17, 15) is 9.59 Å². The molecule has 0 bridgehead atoms. The van der Waals surface area contributed by atoms with Gasteiger partial charge in [-0.2, -0.15) is 5.26 Å². The number of nitrogens with one attached hydrogen (secondary N) is 1. The fraction of sp³-hybridized carbons (Fsp3) is 0.250. The van der Waals surface area contributed by atoms with Crippen molar-refractivity contribution in [2.24, 2.45) is 0 Å². The molecule has 1 atom stereocenters. The molecule has 0 aliphatic heterocycles. The van der Waals surface area contributed by atoms with Crippen LogP contribution in [-0.2, 0) is 14.3 Å². The van der Waals surface area contributed by atoms with E-state index in [0.717, 1.165) is 22.2 Å². The lowest BCUT2D eigenvalue weighted by Crippen LogP contribution is -2.31. The Kier molecular flexibility index (Phi) is 7.71. The number of hydrogen-bond donors (Lipinski definition) is 1. The van der Waals surface area contributed by atoms with Crippen LogP contribution in [0.3, 0.4) is 0 Å². The lowest BCUT2D eigenvalue weighted by molar-refractivity contribution is -0.154. The Morgan fingerprint density at radius 2 is 1.96 bits per heavy atom. The summed E-state index contributed by atoms with van der Waals surface area (Å²) in [5, 5.41) is 13.4. The molecule has 2 aromatic rings. The molecule has 0 saturated carbocycles. The number of thiocyanates is 1. The second-order valence-corrected chi connectivity index (χ2v) is 6.51. The first kappa shape index (κ1) is 20.3. The summed E-state index contributed by atoms with van der Waals surface area (Å²) in [6, 6.07) is 14.2. The standard InChI is InChI=1S/C20H20N2O4S/c1-3-18(26-15-7-5-4-6-8-15)20(24)25-12-19(23)22-17-10-9-16(27-13-21)11-14(17)2/h4-11,18H,3,12H2,1-2H3,(H,22,23)/t18-/m0/s1. The SMILES string of the molecule is CC[C@H](Oc1ccccc1)C(=O)OCC(=O)Nc1ccc(SC#N)cc1C. The minimum atomic E-state index is -0.774. The number of carbonyl (C=O) groups excluding carboxylic acids is 2. The zero-order valence-electron chi connectivity index (χ0n) is 15.1. The summed E-state index contributed by atoms with van der Waals surface area (Å²) in [6.45, 7) is 3.23. The van der Waals surface area contributed by atoms with Crippen LogP contribution in [0.25, 0.3) is 0 Å². The number of benzene rings is 2. The molecule has 0 unspecified atom stereocenters. The van der Waals surface area contributed by atoms with E-state index in [1.165, 1.54) is 0 Å². The van der Waals surface area contributed by atoms with Crippen molar-refractivity contribution in [3.8, 4) is 11.2 Å². The fourth-order valence-corrected chi connectivity index (χ4v) is 2.75. The third kappa shape index (κ3) is 6.35. The number of para-hydroxylation sites is 1. The van der Waals surface area contributed by atoms with Gasteiger partial charge in [-0.05, 0) is 61.0 Å². The number of ether oxygens (including phenoxy) is 2. The molecule has 2 rings (SSSR count). The van der Waals surface area contributed by atoms with Gasteiger partial charge in [0, 0.05) is 10.6 Å². The van der Waals surface area contributed by atoms with Gasteiger partial charge in [-0.15, -0.1) is 0 Å². The van der Waals surface area contributed by atoms with Gasteiger partial charge in [0.15, 0.2) is 12.7 Å². The molecule has 0 saturated heterocycles. The number of anilines is 1. The number of thioether (sulfide) groups is 1. The monoisotopic (exact) mass is 384 g/mol. The fourth-order valence-electron chi connectivity index (χ4n) is 2.27. The van der Waals surface area contributed by atoms with Crippen molar-refractivity contribution >= 4 is 29.3 Å². The Hall–Kier alpha value is -2.98. The van der Waals surface area contributed by atoms with E-state index < -0.39 is 24.6 Å². The molecule has 27 heavy (non-hydrogen) atoms. The summed E-state index contributed by atoms with van der Waals surface area (Å²) < 4.78 is 10.7. The molecule has 0 heterocycles. The maximum atomic E-state index is 12.2. The van der Waals surface area contributed by atoms with E-state index in [0.29, 0.717) is 17.9 Å². The molecule has 0 fully saturated rings. The summed E-state index contributed by atoms with van der Waals surface area (Å²) in [6.07, 6.45) is -0.351. The highest BCUT2D eigenvalue weighted by Crippen LogP contribution is 2.23. The summed E-state index contributed by atoms with van der Waals surface area (Å²) in [5.74, 6) is -0.465. The number of carbonyl (C=O) groups is 2. The number of amides is 1. The van der Waals surface area contributed by atoms with Crippen molar-refractivity contribution in [3.63, 3.8) is 0 Å². The van der Waals surface area contributed by atoms with Crippen LogP contribution in [0.4, 0.5) is 5.69 Å². The van der Waals surface area contributed by atoms with Crippen LogP contribution in [0.5, 0.6) is 5.75 Å². The Morgan fingerprint density at radius 1 is 1.22 bits per heavy atom. The first-order chi connectivity index (χ1) is 13.0. The van der Waals surface area contributed by atoms with Gasteiger partial charge in [-0.1, -0.05) is 25.1 Å². The van der Waals surface area contributed by atoms with Crippen LogP contribution >= 0.6 is 11.8 Å². The van der Waals surface area contributed by atoms with Crippen molar-refractivity contribution < 1.29 is 19.1 Å². The Morgan fingerprint density at radius 3 is 2.59 bits per heavy atom. The third-order valence-corrected chi connectivity index (χ3v) is 4.22. The molecular weight excluding hydrogens is 364 g/mol. The minimum Gasteiger partial charge on any atom is -0.479 e. The maximum Gasteiger partial charge on any atom is 0.347 e. The van der Waals surface area contributed by atoms with E-state index in [2.05, 4.69) is 5.32 Å². The van der Waals surface area contributed by atoms with Crippen LogP contribution in [0.2, 0.25) is 0 Å². The maximum absolute atomic E-state index is 12.2. The van der Waals surface area contributed by atoms with Gasteiger partial charge < -0.3 is 14.8 Å². The average Bonchev–Trinajstić information content (AvgIpc) is 2.67. The molecule has 0 spiro atoms. The smallest absolute Gasteiger partial charge is 0.347 e. The van der Waals surface area contributed by atoms with Crippen molar-refractivity contribution in [1.82, 2.24) is 0 Å². The van der Waals surface area contributed by atoms with Gasteiger partial charge in [0.1, 0.15) is 11.2 Å². The van der Waals surface area contributed by atoms with E-state index in [4.69, 9.17) is 14.7 Å². The Balaban J connectivity index is 1.87. The molecule has 2 aromatic carbocycles. The van der Waals surface area contributed by atoms with E-state index in [1.807, 2.05) is 30.5 Å². The highest BCUT2D eigenvalue weighted by Gasteiger charge is 2.21. The summed E-state index contributed by atoms with van der Waals surface area (Å²) >= 11 is 1.05. The average molecular weight is 384 g/mol. The lowest BCUT2D eigenvalue weighted by Gasteiger charge is -2.16. The number of nitrogens with zero attached hydrogens (tertiary/aromatic N) is 1. The molecule has 0 aliphatic carbocycles. The van der Waals surface area contributed by atoms with Crippen molar-refractivity contribution in [2.75, 3.05) is 11.9 Å². The predicted octanol–water partition coefficient (Wildman–Crippen LogP) is 3.91. The number of aryl methyl sites for hydroxylation is 1. The molecule has 6 nitrogen and oxygen atoms in total. The molecule has 0 aliphatic rings. The van der Waals surface area contributed by atoms with Gasteiger partial charge in [0.2, 0.25) is 0 Å². The largest absolute Gasteiger partial charge is 0.479 e. The second kappa shape index (κ2) is 10.2. The van der Waals surface area contributed by atoms with Gasteiger partial charge in [-0.3, -0.25) is 4.79 Å². The minimum absolute atomic E-state index is 0.401. The topological polar surface area (TPSA) is 88.4 Å². The number of hydrogen-bond acceptors (Lipinski definition) is 6. The molecule has 1 N–H and O–H groups in total. The Labute approximate surface area is 162 Å². The van der Waals surface area contributed by atoms with E-state index >= 15 is 0 Å². The van der Waals surface area contributed by atoms with Crippen LogP contribution in [0.15, 0.2) is 53.4 Å². The molecule has 0 aromatic heterocycles. The van der Waals surface area contributed by atoms with Crippen LogP contribution in [-0.4, -0.2) is 24.6 Å². The van der Waals surface area contributed by atoms with Crippen LogP contribution in [0.1, 0.15) is 18.9 Å². The zero-order chi connectivity index (χ0) is 19.6. The number of rotatable bonds is 8. The van der Waals surface area contributed by atoms with Gasteiger partial charge >= 0.3 is 5.97 Å². The number of nitriles is 1. The predicted molar refractivity (Wildman–Crippen MR) is 103 cm³/mol. The molecular formula is C20H20N2O4S. The summed E-state index contributed by atoms with van der Waals surface area (Å²) in [4.78, 5) is 25.0. The zero-order valence-corrected chi connectivity index (χ0v) is 15.9. The Bertz CT molecular complexity index is 834. The van der Waals surface area contributed by atoms with Crippen molar-refractivity contribution in [3.05, 3.63) is 54.1 Å². The van der Waals surface area contributed by atoms with E-state index in [-0.39, 0.29) is 0 Å². The number of esters is 1. The third-order valence-electron chi connectivity index (χ3n) is 3.64. The molecule has 1 amide bonds. The first-order valence-corrected chi connectivity index (χ1v) is 9.20. The van der Waals surface area contributed by atoms with Gasteiger partial charge in [0.25, 0.3) is 5.91 Å². The van der Waals surface area contributed by atoms with Crippen molar-refractivity contribution in [2.45, 2.75) is 31.3 Å². The highest BCUT2D eigenvalue weighted by molar-refractivity contribution is 8.03. The highest BCUT2D eigenvalue weighted by atomic mass is 32.2. The first-order valence-electron chi connectivity index (χ1n) is 8.38. The van der Waals surface area contributed by atoms with Gasteiger partial charge in [0.05, 0.1) is 0 Å². The molecule has 140 valence electrons. The summed E-state index contributed by atoms with van der Waals surface area (Å²) in [5.41, 5.74) is 1.42. The molecule has 7 heteroatoms. The van der Waals surface area contributed by atoms with Crippen molar-refractivity contribution in [1.29, 1.82) is 5.26 Å². The second-order valence-electron chi connectivity index (χ2n) is 5.65. The summed E-state index contributed by atoms with van der Waals surface area (Å²) in [7, 11) is 0. The van der Waals surface area contributed by atoms with Crippen LogP contribution in [0, 0.1) is 17.6 Å². The normalized spacial score (nSPS) is 11.1. The van der Waals surface area contributed by atoms with E-state index in [1.54, 1.807) is 37.3 Å². The quantitative estimate of drug-likeness (QED) is 0.422. The molecule has 0 radical (unpaired) electrons. The van der Waals surface area contributed by atoms with Crippen LogP contribution < -0.4 is 10.1 Å². The van der Waals surface area contributed by atoms with Gasteiger partial charge in [-0.25, -0.2) is 4.79 Å².